The van der Waals surface area contributed by atoms with Crippen molar-refractivity contribution >= 4 is 34.4 Å². The lowest BCUT2D eigenvalue weighted by molar-refractivity contribution is -0.148. The summed E-state index contributed by atoms with van der Waals surface area (Å²) in [6.45, 7) is 2.03. The molecule has 0 saturated carbocycles. The number of carboxylic acids is 1. The average molecular weight is 495 g/mol. The number of nitrogens with zero attached hydrogens (tertiary/aromatic N) is 2. The van der Waals surface area contributed by atoms with Gasteiger partial charge in [0.2, 0.25) is 11.8 Å². The molecule has 8 nitrogen and oxygen atoms in total. The lowest BCUT2D eigenvalue weighted by Crippen LogP contribution is -2.57. The van der Waals surface area contributed by atoms with Gasteiger partial charge in [0, 0.05) is 29.7 Å². The Morgan fingerprint density at radius 1 is 1.03 bits per heavy atom. The Bertz CT molecular complexity index is 1510. The van der Waals surface area contributed by atoms with E-state index in [1.165, 1.54) is 4.90 Å². The zero-order valence-corrected chi connectivity index (χ0v) is 20.2. The van der Waals surface area contributed by atoms with E-state index in [-0.39, 0.29) is 6.42 Å². The van der Waals surface area contributed by atoms with E-state index in [4.69, 9.17) is 0 Å². The third-order valence-corrected chi connectivity index (χ3v) is 7.79. The van der Waals surface area contributed by atoms with Gasteiger partial charge >= 0.3 is 5.97 Å². The van der Waals surface area contributed by atoms with E-state index < -0.39 is 41.2 Å². The summed E-state index contributed by atoms with van der Waals surface area (Å²) in [5.74, 6) is -4.11. The van der Waals surface area contributed by atoms with Crippen LogP contribution in [0.5, 0.6) is 0 Å². The van der Waals surface area contributed by atoms with Crippen LogP contribution in [0.4, 0.5) is 5.69 Å². The first-order valence-corrected chi connectivity index (χ1v) is 12.4. The molecule has 2 saturated heterocycles. The SMILES string of the molecule is CCc1ccc(N2C(=O)C3C(c4ccccn4)NC(Cc4c[nH]c5ccccc45)(C(=O)O)C3C2=O)cc1. The number of hydrogen-bond donors (Lipinski definition) is 3. The van der Waals surface area contributed by atoms with Crippen LogP contribution >= 0.6 is 0 Å². The molecule has 2 amide bonds. The first kappa shape index (κ1) is 23.1. The van der Waals surface area contributed by atoms with Crippen LogP contribution in [0.2, 0.25) is 0 Å². The molecule has 4 unspecified atom stereocenters. The number of nitrogens with one attached hydrogen (secondary N) is 2. The molecule has 8 heteroatoms. The second-order valence-electron chi connectivity index (χ2n) is 9.72. The van der Waals surface area contributed by atoms with Crippen LogP contribution in [0, 0.1) is 11.8 Å². The van der Waals surface area contributed by atoms with Crippen LogP contribution < -0.4 is 10.2 Å². The lowest BCUT2D eigenvalue weighted by atomic mass is 9.76. The Hall–Kier alpha value is -4.30. The number of carbonyl (C=O) groups excluding carboxylic acids is 2. The third-order valence-electron chi connectivity index (χ3n) is 7.79. The van der Waals surface area contributed by atoms with Gasteiger partial charge in [-0.3, -0.25) is 24.7 Å². The number of aromatic amines is 1. The minimum Gasteiger partial charge on any atom is -0.480 e. The van der Waals surface area contributed by atoms with Gasteiger partial charge in [0.15, 0.2) is 0 Å². The van der Waals surface area contributed by atoms with E-state index in [0.717, 1.165) is 28.5 Å². The van der Waals surface area contributed by atoms with Crippen molar-refractivity contribution in [1.82, 2.24) is 15.3 Å². The molecule has 3 N–H and O–H groups in total. The minimum atomic E-state index is -1.71. The highest BCUT2D eigenvalue weighted by atomic mass is 16.4. The quantitative estimate of drug-likeness (QED) is 0.353. The summed E-state index contributed by atoms with van der Waals surface area (Å²) < 4.78 is 0. The molecule has 4 atom stereocenters. The van der Waals surface area contributed by atoms with Gasteiger partial charge in [-0.2, -0.15) is 0 Å². The number of H-pyrrole nitrogens is 1. The second-order valence-corrected chi connectivity index (χ2v) is 9.72. The summed E-state index contributed by atoms with van der Waals surface area (Å²) in [4.78, 5) is 49.8. The zero-order chi connectivity index (χ0) is 25.7. The molecule has 4 heterocycles. The molecule has 2 aliphatic rings. The fraction of sp³-hybridized carbons (Fsp3) is 0.241. The predicted molar refractivity (Wildman–Crippen MR) is 138 cm³/mol. The first-order valence-electron chi connectivity index (χ1n) is 12.4. The molecule has 4 aromatic rings. The monoisotopic (exact) mass is 494 g/mol. The van der Waals surface area contributed by atoms with Crippen molar-refractivity contribution in [1.29, 1.82) is 0 Å². The Morgan fingerprint density at radius 2 is 1.78 bits per heavy atom. The molecule has 2 aromatic heterocycles. The number of para-hydroxylation sites is 1. The number of aryl methyl sites for hydroxylation is 1. The number of aromatic nitrogens is 2. The Labute approximate surface area is 213 Å². The topological polar surface area (TPSA) is 115 Å². The van der Waals surface area contributed by atoms with E-state index in [1.54, 1.807) is 42.7 Å². The summed E-state index contributed by atoms with van der Waals surface area (Å²) in [5.41, 5.74) is 1.99. The number of rotatable bonds is 6. The normalized spacial score (nSPS) is 25.1. The maximum absolute atomic E-state index is 14.0. The molecular weight excluding hydrogens is 468 g/mol. The Kier molecular flexibility index (Phi) is 5.42. The molecule has 0 spiro atoms. The first-order chi connectivity index (χ1) is 17.9. The molecule has 0 radical (unpaired) electrons. The van der Waals surface area contributed by atoms with E-state index in [9.17, 15) is 19.5 Å². The van der Waals surface area contributed by atoms with Gasteiger partial charge in [0.25, 0.3) is 0 Å². The van der Waals surface area contributed by atoms with Crippen LogP contribution in [0.1, 0.15) is 29.8 Å². The summed E-state index contributed by atoms with van der Waals surface area (Å²) in [6, 6.07) is 19.5. The van der Waals surface area contributed by atoms with Gasteiger partial charge in [-0.25, -0.2) is 4.90 Å². The lowest BCUT2D eigenvalue weighted by Gasteiger charge is -2.31. The third kappa shape index (κ3) is 3.48. The summed E-state index contributed by atoms with van der Waals surface area (Å²) >= 11 is 0. The fourth-order valence-corrected chi connectivity index (χ4v) is 5.97. The molecule has 37 heavy (non-hydrogen) atoms. The van der Waals surface area contributed by atoms with Crippen molar-refractivity contribution in [3.8, 4) is 0 Å². The number of hydrogen-bond acceptors (Lipinski definition) is 5. The number of aliphatic carboxylic acids is 1. The number of anilines is 1. The van der Waals surface area contributed by atoms with Gasteiger partial charge < -0.3 is 10.1 Å². The molecule has 2 aliphatic heterocycles. The van der Waals surface area contributed by atoms with Crippen molar-refractivity contribution < 1.29 is 19.5 Å². The van der Waals surface area contributed by atoms with Crippen molar-refractivity contribution in [2.75, 3.05) is 4.90 Å². The van der Waals surface area contributed by atoms with Gasteiger partial charge in [0.05, 0.1) is 29.3 Å². The van der Waals surface area contributed by atoms with Gasteiger partial charge in [-0.1, -0.05) is 43.3 Å². The van der Waals surface area contributed by atoms with Crippen molar-refractivity contribution in [3.63, 3.8) is 0 Å². The number of fused-ring (bicyclic) bond motifs is 2. The summed E-state index contributed by atoms with van der Waals surface area (Å²) in [7, 11) is 0. The van der Waals surface area contributed by atoms with Crippen LogP contribution in [0.25, 0.3) is 10.9 Å². The molecule has 0 aliphatic carbocycles. The van der Waals surface area contributed by atoms with E-state index in [1.807, 2.05) is 43.3 Å². The number of amides is 2. The summed E-state index contributed by atoms with van der Waals surface area (Å²) in [6.07, 6.45) is 4.24. The Morgan fingerprint density at radius 3 is 2.49 bits per heavy atom. The fourth-order valence-electron chi connectivity index (χ4n) is 5.97. The highest BCUT2D eigenvalue weighted by Crippen LogP contribution is 2.51. The van der Waals surface area contributed by atoms with Gasteiger partial charge in [-0.05, 0) is 47.9 Å². The van der Waals surface area contributed by atoms with Gasteiger partial charge in [-0.15, -0.1) is 0 Å². The number of carboxylic acid groups (broad SMARTS) is 1. The molecule has 0 bridgehead atoms. The molecule has 2 fully saturated rings. The van der Waals surface area contributed by atoms with Crippen LogP contribution in [0.15, 0.2) is 79.1 Å². The Balaban J connectivity index is 1.49. The number of benzene rings is 2. The van der Waals surface area contributed by atoms with Crippen molar-refractivity contribution in [2.45, 2.75) is 31.3 Å². The maximum Gasteiger partial charge on any atom is 0.325 e. The molecule has 2 aromatic carbocycles. The molecule has 186 valence electrons. The standard InChI is InChI=1S/C29H26N4O4/c1-2-17-10-12-19(13-11-17)33-26(34)23-24(27(33)35)29(28(36)37,32-25(23)22-9-5-6-14-30-22)15-18-16-31-21-8-4-3-7-20(18)21/h3-14,16,23-25,31-32H,2,15H2,1H3,(H,36,37). The smallest absolute Gasteiger partial charge is 0.325 e. The zero-order valence-electron chi connectivity index (χ0n) is 20.2. The van der Waals surface area contributed by atoms with E-state index in [2.05, 4.69) is 15.3 Å². The number of pyridine rings is 1. The molecular formula is C29H26N4O4. The second kappa shape index (κ2) is 8.67. The van der Waals surface area contributed by atoms with Crippen LogP contribution in [-0.4, -0.2) is 38.4 Å². The van der Waals surface area contributed by atoms with E-state index >= 15 is 0 Å². The minimum absolute atomic E-state index is 0.0263. The number of carbonyl (C=O) groups is 3. The van der Waals surface area contributed by atoms with Gasteiger partial charge in [0.1, 0.15) is 5.54 Å². The molecule has 6 rings (SSSR count). The van der Waals surface area contributed by atoms with Crippen LogP contribution in [0.3, 0.4) is 0 Å². The highest BCUT2D eigenvalue weighted by molar-refractivity contribution is 6.24. The average Bonchev–Trinajstić information content (AvgIpc) is 3.57. The summed E-state index contributed by atoms with van der Waals surface area (Å²) in [5, 5.41) is 14.8. The highest BCUT2D eigenvalue weighted by Gasteiger charge is 2.69. The predicted octanol–water partition coefficient (Wildman–Crippen LogP) is 3.64. The largest absolute Gasteiger partial charge is 0.480 e. The van der Waals surface area contributed by atoms with Crippen molar-refractivity contribution in [3.05, 3.63) is 95.9 Å². The van der Waals surface area contributed by atoms with Crippen molar-refractivity contribution in [2.24, 2.45) is 11.8 Å². The number of imide groups is 1. The van der Waals surface area contributed by atoms with Crippen LogP contribution in [-0.2, 0) is 27.2 Å². The maximum atomic E-state index is 14.0. The van der Waals surface area contributed by atoms with E-state index in [0.29, 0.717) is 11.4 Å².